The van der Waals surface area contributed by atoms with Gasteiger partial charge in [0.05, 0.1) is 7.28 Å². The first-order valence-corrected chi connectivity index (χ1v) is 8.62. The fourth-order valence-corrected chi connectivity index (χ4v) is 0.867. The maximum absolute atomic E-state index is 10.0. The quantitative estimate of drug-likeness (QED) is 0.330. The number of benzene rings is 1. The third-order valence-corrected chi connectivity index (χ3v) is 2.76. The summed E-state index contributed by atoms with van der Waals surface area (Å²) < 4.78 is 7.35. The zero-order valence-corrected chi connectivity index (χ0v) is 27.2. The van der Waals surface area contributed by atoms with E-state index in [1.807, 2.05) is 26.1 Å². The van der Waals surface area contributed by atoms with Crippen LogP contribution in [-0.4, -0.2) is 33.1 Å². The SMILES string of the molecule is CCC(=O)[N-]C.CCCC.C[N-]C(C)C.[2H]c1ccc([N-]C)cc1C.[W].[W].[W]. The summed E-state index contributed by atoms with van der Waals surface area (Å²) >= 11 is 0. The van der Waals surface area contributed by atoms with Gasteiger partial charge in [-0.25, -0.2) is 0 Å². The first-order chi connectivity index (χ1) is 11.7. The van der Waals surface area contributed by atoms with E-state index >= 15 is 0 Å². The van der Waals surface area contributed by atoms with E-state index < -0.39 is 0 Å². The molecule has 0 unspecified atom stereocenters. The maximum atomic E-state index is 10.0. The number of unbranched alkanes of at least 4 members (excludes halogenated alkanes) is 1. The molecule has 0 aliphatic carbocycles. The van der Waals surface area contributed by atoms with Crippen LogP contribution >= 0.6 is 0 Å². The van der Waals surface area contributed by atoms with Crippen LogP contribution in [0.4, 0.5) is 5.69 Å². The molecule has 0 bridgehead atoms. The predicted octanol–water partition coefficient (Wildman–Crippen LogP) is 6.75. The maximum Gasteiger partial charge on any atom is 0.0625 e. The second-order valence-electron chi connectivity index (χ2n) is 5.28. The van der Waals surface area contributed by atoms with Gasteiger partial charge in [0.25, 0.3) is 0 Å². The minimum Gasteiger partial charge on any atom is -0.687 e. The molecule has 160 valence electrons. The molecule has 0 atom stereocenters. The molecule has 0 fully saturated rings. The molecule has 1 amide bonds. The van der Waals surface area contributed by atoms with Gasteiger partial charge in [-0.05, 0) is 13.3 Å². The van der Waals surface area contributed by atoms with E-state index in [0.29, 0.717) is 18.5 Å². The van der Waals surface area contributed by atoms with Crippen LogP contribution < -0.4 is 0 Å². The molecule has 0 radical (unpaired) electrons. The molecule has 1 aromatic rings. The Hall–Kier alpha value is 0.515. The van der Waals surface area contributed by atoms with Crippen LogP contribution in [-0.2, 0) is 68.0 Å². The molecule has 0 saturated heterocycles. The number of nitrogens with zero attached hydrogens (tertiary/aromatic N) is 3. The Labute approximate surface area is 213 Å². The third-order valence-electron chi connectivity index (χ3n) is 2.76. The van der Waals surface area contributed by atoms with Crippen molar-refractivity contribution in [3.63, 3.8) is 0 Å². The van der Waals surface area contributed by atoms with Crippen LogP contribution in [0.1, 0.15) is 60.8 Å². The zero-order valence-electron chi connectivity index (χ0n) is 19.4. The van der Waals surface area contributed by atoms with Crippen LogP contribution in [0.15, 0.2) is 24.2 Å². The molecule has 0 heterocycles. The van der Waals surface area contributed by atoms with Crippen LogP contribution in [0, 0.1) is 6.92 Å². The number of amides is 1. The van der Waals surface area contributed by atoms with Crippen molar-refractivity contribution in [2.45, 2.75) is 66.8 Å². The molecule has 7 heteroatoms. The topological polar surface area (TPSA) is 59.4 Å². The van der Waals surface area contributed by atoms with E-state index in [-0.39, 0.29) is 69.1 Å². The fourth-order valence-electron chi connectivity index (χ4n) is 0.867. The second-order valence-corrected chi connectivity index (χ2v) is 5.28. The number of carbonyl (C=O) groups excluding carboxylic acids is 1. The van der Waals surface area contributed by atoms with Gasteiger partial charge in [0.15, 0.2) is 0 Å². The van der Waals surface area contributed by atoms with Crippen molar-refractivity contribution in [3.8, 4) is 0 Å². The van der Waals surface area contributed by atoms with Crippen molar-refractivity contribution < 1.29 is 69.4 Å². The Morgan fingerprint density at radius 3 is 1.70 bits per heavy atom. The van der Waals surface area contributed by atoms with Gasteiger partial charge in [0, 0.05) is 63.2 Å². The predicted molar refractivity (Wildman–Crippen MR) is 110 cm³/mol. The third kappa shape index (κ3) is 41.8. The number of rotatable bonds is 4. The number of aryl methyl sites for hydroxylation is 1. The number of carbonyl (C=O) groups is 1. The molecule has 27 heavy (non-hydrogen) atoms. The van der Waals surface area contributed by atoms with Crippen LogP contribution in [0.3, 0.4) is 0 Å². The average molecular weight is 889 g/mol. The molecule has 1 aromatic carbocycles. The van der Waals surface area contributed by atoms with Crippen LogP contribution in [0.25, 0.3) is 16.0 Å². The molecular formula is C20H38N3OW3-3. The molecule has 0 spiro atoms. The van der Waals surface area contributed by atoms with Gasteiger partial charge in [-0.15, -0.1) is 25.8 Å². The van der Waals surface area contributed by atoms with Crippen LogP contribution in [0.2, 0.25) is 0 Å². The van der Waals surface area contributed by atoms with E-state index in [1.165, 1.54) is 19.9 Å². The van der Waals surface area contributed by atoms with Gasteiger partial charge in [-0.2, -0.15) is 7.05 Å². The van der Waals surface area contributed by atoms with E-state index in [1.54, 1.807) is 20.0 Å². The molecule has 0 aliphatic heterocycles. The molecular weight excluding hydrogens is 850 g/mol. The summed E-state index contributed by atoms with van der Waals surface area (Å²) in [5.41, 5.74) is 1.91. The van der Waals surface area contributed by atoms with Crippen molar-refractivity contribution in [3.05, 3.63) is 45.8 Å². The molecule has 0 aromatic heterocycles. The Bertz CT molecular complexity index is 429. The van der Waals surface area contributed by atoms with Gasteiger partial charge >= 0.3 is 0 Å². The summed E-state index contributed by atoms with van der Waals surface area (Å²) in [5, 5.41) is 11.2. The zero-order chi connectivity index (χ0) is 20.3. The summed E-state index contributed by atoms with van der Waals surface area (Å²) in [6.45, 7) is 12.2. The first kappa shape index (κ1) is 38.2. The van der Waals surface area contributed by atoms with E-state index in [0.717, 1.165) is 11.3 Å². The summed E-state index contributed by atoms with van der Waals surface area (Å²) in [4.78, 5) is 10.0. The van der Waals surface area contributed by atoms with E-state index in [9.17, 15) is 4.79 Å². The molecule has 0 N–H and O–H groups in total. The van der Waals surface area contributed by atoms with E-state index in [2.05, 4.69) is 43.6 Å². The van der Waals surface area contributed by atoms with Crippen LogP contribution in [0.5, 0.6) is 0 Å². The average Bonchev–Trinajstić information content (AvgIpc) is 2.64. The standard InChI is InChI=1S/C8H10N.C4H9NO.C4H10N.C4H10.3W/c1-7-4-3-5-8(6-7)9-2;1-3-4(6)5-2;1-4(2)5-3;1-3-4-2;;;/h3-6H,1-2H3;3H2,1-2H3,(H,5,6);4H,1-3H3;3-4H2,1-2H3;;;/q-1;;-1;;;;/p-1/i4D;;;;;;. The molecule has 0 aliphatic rings. The Morgan fingerprint density at radius 1 is 1.07 bits per heavy atom. The normalized spacial score (nSPS) is 8.15. The van der Waals surface area contributed by atoms with Gasteiger partial charge in [0.2, 0.25) is 0 Å². The van der Waals surface area contributed by atoms with Crippen molar-refractivity contribution in [1.82, 2.24) is 0 Å². The minimum atomic E-state index is -0.0324. The molecule has 4 nitrogen and oxygen atoms in total. The smallest absolute Gasteiger partial charge is 0.0625 e. The largest absolute Gasteiger partial charge is 0.687 e. The van der Waals surface area contributed by atoms with Gasteiger partial charge in [-0.3, -0.25) is 0 Å². The van der Waals surface area contributed by atoms with Gasteiger partial charge in [-0.1, -0.05) is 77.3 Å². The summed E-state index contributed by atoms with van der Waals surface area (Å²) in [6, 6.07) is 6.59. The summed E-state index contributed by atoms with van der Waals surface area (Å²) in [7, 11) is 5.08. The fraction of sp³-hybridized carbons (Fsp3) is 0.650. The molecule has 0 saturated carbocycles. The monoisotopic (exact) mass is 889 g/mol. The Kier molecular flexibility index (Phi) is 48.1. The van der Waals surface area contributed by atoms with Gasteiger partial charge < -0.3 is 20.7 Å². The Morgan fingerprint density at radius 2 is 1.52 bits per heavy atom. The first-order valence-electron chi connectivity index (χ1n) is 9.12. The number of hydrogen-bond donors (Lipinski definition) is 0. The van der Waals surface area contributed by atoms with Crippen molar-refractivity contribution >= 4 is 11.6 Å². The summed E-state index contributed by atoms with van der Waals surface area (Å²) in [5.74, 6) is -0.0324. The molecule has 1 rings (SSSR count). The van der Waals surface area contributed by atoms with Crippen molar-refractivity contribution in [2.24, 2.45) is 0 Å². The Balaban J connectivity index is -0.0000000595. The van der Waals surface area contributed by atoms with Gasteiger partial charge in [0.1, 0.15) is 0 Å². The van der Waals surface area contributed by atoms with E-state index in [4.69, 9.17) is 1.37 Å². The second kappa shape index (κ2) is 34.1. The number of hydrogen-bond acceptors (Lipinski definition) is 1. The minimum absolute atomic E-state index is 0. The van der Waals surface area contributed by atoms with Crippen molar-refractivity contribution in [1.29, 1.82) is 0 Å². The van der Waals surface area contributed by atoms with Crippen molar-refractivity contribution in [2.75, 3.05) is 21.1 Å². The summed E-state index contributed by atoms with van der Waals surface area (Å²) in [6.07, 6.45) is 3.16.